The molecule has 0 fully saturated rings. The minimum Gasteiger partial charge on any atom is -0.504 e. The van der Waals surface area contributed by atoms with E-state index in [-0.39, 0.29) is 11.0 Å². The van der Waals surface area contributed by atoms with Crippen molar-refractivity contribution in [1.29, 1.82) is 0 Å². The number of benzene rings is 1. The van der Waals surface area contributed by atoms with Crippen molar-refractivity contribution in [3.8, 4) is 11.5 Å². The third-order valence-electron chi connectivity index (χ3n) is 2.42. The molecule has 104 valence electrons. The van der Waals surface area contributed by atoms with Gasteiger partial charge >= 0.3 is 0 Å². The number of nitrogens with one attached hydrogen (secondary N) is 1. The third-order valence-corrected chi connectivity index (χ3v) is 2.68. The Bertz CT molecular complexity index is 522. The molecule has 4 nitrogen and oxygen atoms in total. The predicted molar refractivity (Wildman–Crippen MR) is 77.0 cm³/mol. The monoisotopic (exact) mass is 284 g/mol. The second-order valence-corrected chi connectivity index (χ2v) is 5.28. The average molecular weight is 284 g/mol. The van der Waals surface area contributed by atoms with Gasteiger partial charge in [0, 0.05) is 22.7 Å². The van der Waals surface area contributed by atoms with E-state index in [9.17, 15) is 9.50 Å². The molecule has 0 aliphatic heterocycles. The van der Waals surface area contributed by atoms with E-state index in [0.29, 0.717) is 0 Å². The van der Waals surface area contributed by atoms with Gasteiger partial charge in [0.1, 0.15) is 5.82 Å². The van der Waals surface area contributed by atoms with Gasteiger partial charge in [0.15, 0.2) is 11.5 Å². The molecule has 0 atom stereocenters. The zero-order chi connectivity index (χ0) is 14.6. The number of allylic oxidation sites excluding steroid dienone is 1. The van der Waals surface area contributed by atoms with Gasteiger partial charge in [-0.1, -0.05) is 20.8 Å². The molecule has 0 aliphatic rings. The Morgan fingerprint density at radius 1 is 1.32 bits per heavy atom. The van der Waals surface area contributed by atoms with Crippen molar-refractivity contribution in [1.82, 2.24) is 5.43 Å². The number of hydrogen-bond acceptors (Lipinski definition) is 5. The fourth-order valence-corrected chi connectivity index (χ4v) is 1.67. The standard InChI is InChI=1S/C13H17FN2O2S/c1-13(2,3)12(7-19)16-15-6-8-4-10(17)11(18)5-9(8)14/h4-7,16-19H,1-3H3/b12-7-,15-6+. The molecule has 0 bridgehead atoms. The summed E-state index contributed by atoms with van der Waals surface area (Å²) in [6.07, 6.45) is 1.22. The second-order valence-electron chi connectivity index (χ2n) is 5.03. The summed E-state index contributed by atoms with van der Waals surface area (Å²) in [7, 11) is 0. The molecule has 1 rings (SSSR count). The van der Waals surface area contributed by atoms with Gasteiger partial charge in [-0.05, 0) is 11.5 Å². The van der Waals surface area contributed by atoms with Crippen LogP contribution in [-0.2, 0) is 0 Å². The van der Waals surface area contributed by atoms with Gasteiger partial charge in [-0.2, -0.15) is 5.10 Å². The van der Waals surface area contributed by atoms with Crippen LogP contribution in [0.2, 0.25) is 0 Å². The highest BCUT2D eigenvalue weighted by Gasteiger charge is 2.15. The van der Waals surface area contributed by atoms with Crippen LogP contribution in [0.4, 0.5) is 4.39 Å². The molecule has 0 unspecified atom stereocenters. The molecule has 0 heterocycles. The number of halogens is 1. The van der Waals surface area contributed by atoms with Crippen LogP contribution >= 0.6 is 12.6 Å². The Morgan fingerprint density at radius 2 is 1.89 bits per heavy atom. The highest BCUT2D eigenvalue weighted by atomic mass is 32.1. The zero-order valence-corrected chi connectivity index (χ0v) is 11.9. The van der Waals surface area contributed by atoms with Crippen molar-refractivity contribution in [2.75, 3.05) is 0 Å². The number of phenolic OH excluding ortho intramolecular Hbond substituents is 2. The van der Waals surface area contributed by atoms with Gasteiger partial charge in [0.25, 0.3) is 0 Å². The van der Waals surface area contributed by atoms with Crippen LogP contribution in [0.1, 0.15) is 26.3 Å². The Balaban J connectivity index is 2.87. The fraction of sp³-hybridized carbons (Fsp3) is 0.308. The summed E-state index contributed by atoms with van der Waals surface area (Å²) in [5, 5.41) is 23.9. The van der Waals surface area contributed by atoms with Crippen LogP contribution in [0.25, 0.3) is 0 Å². The number of hydrogen-bond donors (Lipinski definition) is 4. The quantitative estimate of drug-likeness (QED) is 0.299. The van der Waals surface area contributed by atoms with E-state index in [1.54, 1.807) is 5.41 Å². The highest BCUT2D eigenvalue weighted by Crippen LogP contribution is 2.27. The number of nitrogens with zero attached hydrogens (tertiary/aromatic N) is 1. The Labute approximate surface area is 117 Å². The number of rotatable bonds is 3. The number of phenols is 2. The van der Waals surface area contributed by atoms with Gasteiger partial charge in [-0.3, -0.25) is 5.43 Å². The van der Waals surface area contributed by atoms with Crippen molar-refractivity contribution < 1.29 is 14.6 Å². The van der Waals surface area contributed by atoms with Gasteiger partial charge in [-0.25, -0.2) is 4.39 Å². The molecule has 3 N–H and O–H groups in total. The largest absolute Gasteiger partial charge is 0.504 e. The molecule has 0 aromatic heterocycles. The molecule has 1 aromatic rings. The number of hydrazone groups is 1. The van der Waals surface area contributed by atoms with E-state index in [1.165, 1.54) is 6.21 Å². The van der Waals surface area contributed by atoms with Crippen molar-refractivity contribution in [2.45, 2.75) is 20.8 Å². The Hall–Kier alpha value is -1.69. The van der Waals surface area contributed by atoms with Crippen molar-refractivity contribution in [2.24, 2.45) is 10.5 Å². The Morgan fingerprint density at radius 3 is 2.42 bits per heavy atom. The first-order valence-corrected chi connectivity index (χ1v) is 6.12. The second kappa shape index (κ2) is 5.97. The lowest BCUT2D eigenvalue weighted by molar-refractivity contribution is 0.399. The summed E-state index contributed by atoms with van der Waals surface area (Å²) < 4.78 is 13.5. The molecule has 0 saturated heterocycles. The SMILES string of the molecule is CC(C)(C)/C(=C/S)N/N=C/c1cc(O)c(O)cc1F. The average Bonchev–Trinajstić information content (AvgIpc) is 2.29. The van der Waals surface area contributed by atoms with Gasteiger partial charge in [-0.15, -0.1) is 12.6 Å². The summed E-state index contributed by atoms with van der Waals surface area (Å²) in [6, 6.07) is 1.92. The van der Waals surface area contributed by atoms with Crippen LogP contribution in [0.5, 0.6) is 11.5 Å². The molecule has 0 radical (unpaired) electrons. The minimum absolute atomic E-state index is 0.0650. The smallest absolute Gasteiger partial charge is 0.160 e. The van der Waals surface area contributed by atoms with Crippen LogP contribution in [0, 0.1) is 11.2 Å². The topological polar surface area (TPSA) is 64.9 Å². The maximum Gasteiger partial charge on any atom is 0.160 e. The van der Waals surface area contributed by atoms with E-state index >= 15 is 0 Å². The summed E-state index contributed by atoms with van der Waals surface area (Å²) in [5.41, 5.74) is 3.42. The van der Waals surface area contributed by atoms with Crippen LogP contribution < -0.4 is 5.43 Å². The molecule has 0 spiro atoms. The normalized spacial score (nSPS) is 13.0. The molecular formula is C13H17FN2O2S. The first-order valence-electron chi connectivity index (χ1n) is 5.61. The molecule has 0 saturated carbocycles. The van der Waals surface area contributed by atoms with E-state index in [4.69, 9.17) is 5.11 Å². The van der Waals surface area contributed by atoms with E-state index in [0.717, 1.165) is 17.8 Å². The van der Waals surface area contributed by atoms with Crippen molar-refractivity contribution >= 4 is 18.8 Å². The Kier molecular flexibility index (Phi) is 4.83. The lowest BCUT2D eigenvalue weighted by atomic mass is 9.93. The lowest BCUT2D eigenvalue weighted by Gasteiger charge is -2.21. The first-order chi connectivity index (χ1) is 8.75. The van der Waals surface area contributed by atoms with Crippen LogP contribution in [0.3, 0.4) is 0 Å². The molecule has 1 aromatic carbocycles. The summed E-state index contributed by atoms with van der Waals surface area (Å²) >= 11 is 4.07. The van der Waals surface area contributed by atoms with Gasteiger partial charge < -0.3 is 10.2 Å². The van der Waals surface area contributed by atoms with Crippen molar-refractivity contribution in [3.63, 3.8) is 0 Å². The zero-order valence-electron chi connectivity index (χ0n) is 11.0. The van der Waals surface area contributed by atoms with Crippen LogP contribution in [-0.4, -0.2) is 16.4 Å². The van der Waals surface area contributed by atoms with E-state index in [2.05, 4.69) is 23.2 Å². The molecule has 0 aliphatic carbocycles. The van der Waals surface area contributed by atoms with Gasteiger partial charge in [0.05, 0.1) is 6.21 Å². The van der Waals surface area contributed by atoms with Gasteiger partial charge in [0.2, 0.25) is 0 Å². The summed E-state index contributed by atoms with van der Waals surface area (Å²) in [6.45, 7) is 5.93. The maximum atomic E-state index is 13.5. The number of aromatic hydroxyl groups is 2. The van der Waals surface area contributed by atoms with Crippen molar-refractivity contribution in [3.05, 3.63) is 34.6 Å². The molecular weight excluding hydrogens is 267 g/mol. The van der Waals surface area contributed by atoms with E-state index in [1.807, 2.05) is 20.8 Å². The molecule has 0 amide bonds. The molecule has 6 heteroatoms. The predicted octanol–water partition coefficient (Wildman–Crippen LogP) is 2.98. The van der Waals surface area contributed by atoms with E-state index < -0.39 is 17.3 Å². The maximum absolute atomic E-state index is 13.5. The fourth-order valence-electron chi connectivity index (χ4n) is 1.23. The summed E-state index contributed by atoms with van der Waals surface area (Å²) in [5.74, 6) is -1.58. The molecule has 19 heavy (non-hydrogen) atoms. The highest BCUT2D eigenvalue weighted by molar-refractivity contribution is 7.83. The summed E-state index contributed by atoms with van der Waals surface area (Å²) in [4.78, 5) is 0. The minimum atomic E-state index is -0.673. The third kappa shape index (κ3) is 4.17. The number of thiol groups is 1. The van der Waals surface area contributed by atoms with Crippen LogP contribution in [0.15, 0.2) is 28.3 Å². The lowest BCUT2D eigenvalue weighted by Crippen LogP contribution is -2.20. The first kappa shape index (κ1) is 15.4.